The lowest BCUT2D eigenvalue weighted by Crippen LogP contribution is -1.97. The standard InChI is InChI=1S/C5H6N/c1-6-4-2-3-5-6/h2H,4H2,1H3/q+1. The van der Waals surface area contributed by atoms with Gasteiger partial charge in [-0.25, -0.2) is 0 Å². The summed E-state index contributed by atoms with van der Waals surface area (Å²) < 4.78 is 1.94. The fourth-order valence-electron chi connectivity index (χ4n) is 0.384. The van der Waals surface area contributed by atoms with Crippen LogP contribution in [0, 0.1) is 0 Å². The Bertz CT molecular complexity index is 143. The van der Waals surface area contributed by atoms with Crippen LogP contribution in [0.25, 0.3) is 0 Å². The summed E-state index contributed by atoms with van der Waals surface area (Å²) in [5.74, 6) is 2.85. The molecule has 1 rings (SSSR count). The summed E-state index contributed by atoms with van der Waals surface area (Å²) in [6.07, 6.45) is 1.94. The number of rotatable bonds is 0. The molecule has 30 valence electrons. The van der Waals surface area contributed by atoms with Crippen molar-refractivity contribution in [2.45, 2.75) is 0 Å². The van der Waals surface area contributed by atoms with Gasteiger partial charge in [-0.15, -0.1) is 0 Å². The first-order valence-electron chi connectivity index (χ1n) is 1.93. The average molecular weight is 80.1 g/mol. The molecule has 0 spiro atoms. The molecule has 1 heterocycles. The van der Waals surface area contributed by atoms with Gasteiger partial charge in [-0.3, -0.25) is 0 Å². The van der Waals surface area contributed by atoms with E-state index in [-0.39, 0.29) is 0 Å². The number of likely N-dealkylation sites (N-methyl/N-ethyl adjacent to an activating group) is 1. The molecular weight excluding hydrogens is 74.1 g/mol. The molecule has 1 heteroatoms. The second kappa shape index (κ2) is 1.14. The highest BCUT2D eigenvalue weighted by molar-refractivity contribution is 5.46. The van der Waals surface area contributed by atoms with E-state index in [1.165, 1.54) is 0 Å². The summed E-state index contributed by atoms with van der Waals surface area (Å²) in [5.41, 5.74) is 2.82. The van der Waals surface area contributed by atoms with E-state index in [9.17, 15) is 0 Å². The maximum absolute atomic E-state index is 2.85. The van der Waals surface area contributed by atoms with E-state index in [0.29, 0.717) is 0 Å². The van der Waals surface area contributed by atoms with Gasteiger partial charge in [0.2, 0.25) is 5.87 Å². The van der Waals surface area contributed by atoms with E-state index in [1.807, 2.05) is 17.7 Å². The Morgan fingerprint density at radius 2 is 2.67 bits per heavy atom. The van der Waals surface area contributed by atoms with Crippen LogP contribution in [-0.4, -0.2) is 24.0 Å². The summed E-state index contributed by atoms with van der Waals surface area (Å²) in [4.78, 5) is 0. The predicted molar refractivity (Wildman–Crippen MR) is 24.1 cm³/mol. The molecule has 0 atom stereocenters. The third kappa shape index (κ3) is 0.414. The maximum Gasteiger partial charge on any atom is 0.221 e. The summed E-state index contributed by atoms with van der Waals surface area (Å²) >= 11 is 0. The normalized spacial score (nSPS) is 15.8. The lowest BCUT2D eigenvalue weighted by atomic mass is 10.6. The van der Waals surface area contributed by atoms with E-state index in [4.69, 9.17) is 0 Å². The molecule has 1 nitrogen and oxygen atoms in total. The molecule has 0 aromatic heterocycles. The smallest absolute Gasteiger partial charge is 0.180 e. The number of hydrogen-bond donors (Lipinski definition) is 0. The van der Waals surface area contributed by atoms with Crippen molar-refractivity contribution >= 4 is 5.87 Å². The molecule has 0 aromatic rings. The largest absolute Gasteiger partial charge is 0.221 e. The molecule has 1 aliphatic rings. The van der Waals surface area contributed by atoms with Crippen LogP contribution in [0.2, 0.25) is 0 Å². The van der Waals surface area contributed by atoms with Crippen LogP contribution < -0.4 is 0 Å². The Balaban J connectivity index is 3.07. The molecule has 6 heavy (non-hydrogen) atoms. The lowest BCUT2D eigenvalue weighted by Gasteiger charge is -1.72. The lowest BCUT2D eigenvalue weighted by molar-refractivity contribution is -0.476. The fraction of sp³-hybridized carbons (Fsp3) is 0.400. The molecule has 0 bridgehead atoms. The third-order valence-electron chi connectivity index (χ3n) is 0.723. The minimum atomic E-state index is 0.972. The summed E-state index contributed by atoms with van der Waals surface area (Å²) in [5, 5.41) is 0. The second-order valence-corrected chi connectivity index (χ2v) is 1.34. The first-order chi connectivity index (χ1) is 2.89. The van der Waals surface area contributed by atoms with Crippen LogP contribution in [0.3, 0.4) is 0 Å². The van der Waals surface area contributed by atoms with Crippen molar-refractivity contribution in [3.63, 3.8) is 0 Å². The molecule has 0 unspecified atom stereocenters. The van der Waals surface area contributed by atoms with Gasteiger partial charge in [0.25, 0.3) is 0 Å². The molecule has 0 fully saturated rings. The van der Waals surface area contributed by atoms with Gasteiger partial charge in [0.05, 0.1) is 0 Å². The van der Waals surface area contributed by atoms with Gasteiger partial charge in [-0.2, -0.15) is 4.58 Å². The SMILES string of the molecule is C[N+]1=C=C=CC1. The molecule has 0 radical (unpaired) electrons. The van der Waals surface area contributed by atoms with E-state index < -0.39 is 0 Å². The Morgan fingerprint density at radius 3 is 2.83 bits per heavy atom. The summed E-state index contributed by atoms with van der Waals surface area (Å²) in [6.45, 7) is 0.972. The molecule has 0 saturated carbocycles. The minimum Gasteiger partial charge on any atom is -0.180 e. The van der Waals surface area contributed by atoms with E-state index >= 15 is 0 Å². The van der Waals surface area contributed by atoms with Crippen molar-refractivity contribution in [3.8, 4) is 0 Å². The predicted octanol–water partition coefficient (Wildman–Crippen LogP) is 0.0233. The van der Waals surface area contributed by atoms with Crippen LogP contribution in [0.5, 0.6) is 0 Å². The van der Waals surface area contributed by atoms with Crippen LogP contribution in [0.15, 0.2) is 11.8 Å². The fourth-order valence-corrected chi connectivity index (χ4v) is 0.384. The van der Waals surface area contributed by atoms with E-state index in [0.717, 1.165) is 6.54 Å². The Hall–Kier alpha value is -0.770. The maximum atomic E-state index is 2.85. The van der Waals surface area contributed by atoms with Crippen LogP contribution in [0.1, 0.15) is 0 Å². The molecular formula is C5H6N+. The molecule has 0 N–H and O–H groups in total. The van der Waals surface area contributed by atoms with Crippen molar-refractivity contribution in [2.24, 2.45) is 0 Å². The monoisotopic (exact) mass is 80.0 g/mol. The van der Waals surface area contributed by atoms with Gasteiger partial charge in [0.1, 0.15) is 7.05 Å². The Kier molecular flexibility index (Phi) is 0.648. The number of nitrogens with zero attached hydrogens (tertiary/aromatic N) is 1. The van der Waals surface area contributed by atoms with Crippen molar-refractivity contribution in [3.05, 3.63) is 11.8 Å². The van der Waals surface area contributed by atoms with Crippen molar-refractivity contribution in [1.29, 1.82) is 0 Å². The van der Waals surface area contributed by atoms with Gasteiger partial charge < -0.3 is 0 Å². The van der Waals surface area contributed by atoms with E-state index in [2.05, 4.69) is 11.6 Å². The quantitative estimate of drug-likeness (QED) is 0.285. The van der Waals surface area contributed by atoms with Gasteiger partial charge in [-0.1, -0.05) is 0 Å². The Morgan fingerprint density at radius 1 is 1.83 bits per heavy atom. The van der Waals surface area contributed by atoms with Gasteiger partial charge in [-0.05, 0) is 0 Å². The second-order valence-electron chi connectivity index (χ2n) is 1.34. The zero-order valence-electron chi connectivity index (χ0n) is 3.73. The molecule has 1 aliphatic heterocycles. The van der Waals surface area contributed by atoms with Gasteiger partial charge >= 0.3 is 0 Å². The van der Waals surface area contributed by atoms with Gasteiger partial charge in [0.15, 0.2) is 6.54 Å². The molecule has 0 aliphatic carbocycles. The third-order valence-corrected chi connectivity index (χ3v) is 0.723. The highest BCUT2D eigenvalue weighted by atomic mass is 14.9. The first kappa shape index (κ1) is 3.42. The van der Waals surface area contributed by atoms with Crippen molar-refractivity contribution in [1.82, 2.24) is 0 Å². The minimum absolute atomic E-state index is 0.972. The molecule has 0 aromatic carbocycles. The summed E-state index contributed by atoms with van der Waals surface area (Å²) in [6, 6.07) is 0. The highest BCUT2D eigenvalue weighted by Crippen LogP contribution is 1.70. The zero-order chi connectivity index (χ0) is 4.41. The van der Waals surface area contributed by atoms with Crippen molar-refractivity contribution < 1.29 is 4.58 Å². The molecule has 0 saturated heterocycles. The van der Waals surface area contributed by atoms with Crippen LogP contribution >= 0.6 is 0 Å². The summed E-state index contributed by atoms with van der Waals surface area (Å²) in [7, 11) is 1.97. The zero-order valence-corrected chi connectivity index (χ0v) is 3.73. The first-order valence-corrected chi connectivity index (χ1v) is 1.93. The highest BCUT2D eigenvalue weighted by Gasteiger charge is 1.89. The van der Waals surface area contributed by atoms with E-state index in [1.54, 1.807) is 0 Å². The molecule has 0 amide bonds. The van der Waals surface area contributed by atoms with Crippen molar-refractivity contribution in [2.75, 3.05) is 13.6 Å². The number of hydrogen-bond acceptors (Lipinski definition) is 0. The Labute approximate surface area is 36.9 Å². The average Bonchev–Trinajstić information content (AvgIpc) is 1.86. The van der Waals surface area contributed by atoms with Crippen LogP contribution in [-0.2, 0) is 0 Å². The topological polar surface area (TPSA) is 3.01 Å². The van der Waals surface area contributed by atoms with Gasteiger partial charge in [0, 0.05) is 11.8 Å². The van der Waals surface area contributed by atoms with Crippen LogP contribution in [0.4, 0.5) is 0 Å².